The van der Waals surface area contributed by atoms with Crippen molar-refractivity contribution in [3.05, 3.63) is 35.1 Å². The van der Waals surface area contributed by atoms with E-state index in [9.17, 15) is 9.59 Å². The molecule has 2 atom stereocenters. The lowest BCUT2D eigenvalue weighted by Gasteiger charge is -2.34. The third kappa shape index (κ3) is 6.59. The molecule has 4 N–H and O–H groups in total. The van der Waals surface area contributed by atoms with Crippen molar-refractivity contribution in [3.63, 3.8) is 0 Å². The molecule has 0 aliphatic heterocycles. The van der Waals surface area contributed by atoms with Gasteiger partial charge in [0.2, 0.25) is 0 Å². The second kappa shape index (κ2) is 13.1. The fraction of sp³-hybridized carbons (Fsp3) is 0.548. The molecule has 0 saturated carbocycles. The Morgan fingerprint density at radius 2 is 1.45 bits per heavy atom. The number of esters is 2. The van der Waals surface area contributed by atoms with Gasteiger partial charge in [-0.25, -0.2) is 9.59 Å². The zero-order chi connectivity index (χ0) is 27.9. The van der Waals surface area contributed by atoms with Gasteiger partial charge in [-0.05, 0) is 73.0 Å². The van der Waals surface area contributed by atoms with Crippen LogP contribution in [0.3, 0.4) is 0 Å². The topological polar surface area (TPSA) is 118 Å². The van der Waals surface area contributed by atoms with Gasteiger partial charge in [0.1, 0.15) is 17.7 Å². The Kier molecular flexibility index (Phi) is 11.1. The first-order chi connectivity index (χ1) is 17.8. The van der Waals surface area contributed by atoms with E-state index in [4.69, 9.17) is 25.4 Å². The number of nitrogens with two attached hydrogens (primary N) is 2. The summed E-state index contributed by atoms with van der Waals surface area (Å²) in [6, 6.07) is 2.54. The van der Waals surface area contributed by atoms with Crippen molar-refractivity contribution in [3.8, 4) is 11.5 Å². The minimum Gasteiger partial charge on any atom is -0.463 e. The molecule has 1 aromatic heterocycles. The third-order valence-corrected chi connectivity index (χ3v) is 7.61. The van der Waals surface area contributed by atoms with Crippen LogP contribution in [0, 0.1) is 18.8 Å². The average Bonchev–Trinajstić information content (AvgIpc) is 3.20. The Bertz CT molecular complexity index is 1380. The maximum Gasteiger partial charge on any atom is 0.328 e. The number of carbonyl (C=O) groups excluding carboxylic acids is 2. The highest BCUT2D eigenvalue weighted by molar-refractivity contribution is 6.15. The molecular weight excluding hydrogens is 551 g/mol. The van der Waals surface area contributed by atoms with E-state index in [-0.39, 0.29) is 53.6 Å². The van der Waals surface area contributed by atoms with Gasteiger partial charge in [0.25, 0.3) is 0 Å². The number of benzene rings is 2. The van der Waals surface area contributed by atoms with Gasteiger partial charge in [-0.15, -0.1) is 24.8 Å². The molecule has 2 unspecified atom stereocenters. The van der Waals surface area contributed by atoms with Crippen LogP contribution < -0.4 is 20.9 Å². The molecule has 0 fully saturated rings. The van der Waals surface area contributed by atoms with Gasteiger partial charge in [-0.2, -0.15) is 0 Å². The molecule has 9 heteroatoms. The standard InChI is InChI=1S/C31H42N2O5.2ClH/c1-16(2)13-22(32)29(34)37-27-24-18(5)15-36-26(24)20-10-11-21-19(9-8-12-31(21,6)7)25(20)28(27)38-30(35)23(33)14-17(3)4;;/h10-11,15-17,22-23H,8-9,12-14,32-33H2,1-7H3;2*1H. The summed E-state index contributed by atoms with van der Waals surface area (Å²) in [4.78, 5) is 26.6. The van der Waals surface area contributed by atoms with Crippen molar-refractivity contribution < 1.29 is 23.5 Å². The van der Waals surface area contributed by atoms with Gasteiger partial charge in [0.05, 0.1) is 11.6 Å². The van der Waals surface area contributed by atoms with Crippen LogP contribution in [-0.4, -0.2) is 24.0 Å². The Labute approximate surface area is 249 Å². The first kappa shape index (κ1) is 33.9. The summed E-state index contributed by atoms with van der Waals surface area (Å²) in [6.07, 6.45) is 5.43. The molecule has 0 amide bonds. The highest BCUT2D eigenvalue weighted by Crippen LogP contribution is 2.50. The van der Waals surface area contributed by atoms with E-state index in [0.29, 0.717) is 23.8 Å². The van der Waals surface area contributed by atoms with E-state index in [1.165, 1.54) is 5.56 Å². The number of fused-ring (bicyclic) bond motifs is 5. The van der Waals surface area contributed by atoms with Gasteiger partial charge < -0.3 is 25.4 Å². The van der Waals surface area contributed by atoms with E-state index in [1.807, 2.05) is 40.7 Å². The number of furan rings is 1. The number of ether oxygens (including phenoxy) is 2. The molecule has 40 heavy (non-hydrogen) atoms. The molecule has 1 aliphatic rings. The van der Waals surface area contributed by atoms with Crippen LogP contribution in [0.2, 0.25) is 0 Å². The highest BCUT2D eigenvalue weighted by atomic mass is 35.5. The molecule has 1 aliphatic carbocycles. The minimum absolute atomic E-state index is 0. The van der Waals surface area contributed by atoms with E-state index in [0.717, 1.165) is 41.2 Å². The number of hydrogen-bond acceptors (Lipinski definition) is 7. The number of carbonyl (C=O) groups is 2. The average molecular weight is 596 g/mol. The van der Waals surface area contributed by atoms with Crippen molar-refractivity contribution in [2.45, 2.75) is 98.1 Å². The van der Waals surface area contributed by atoms with Crippen LogP contribution in [0.4, 0.5) is 0 Å². The van der Waals surface area contributed by atoms with E-state index in [2.05, 4.69) is 19.9 Å². The second-order valence-corrected chi connectivity index (χ2v) is 12.3. The summed E-state index contributed by atoms with van der Waals surface area (Å²) in [5, 5.41) is 2.15. The SMILES string of the molecule is Cc1coc2c1c(OC(=O)C(N)CC(C)C)c(OC(=O)C(N)CC(C)C)c1c3c(ccc12)C(C)(C)CCC3.Cl.Cl. The van der Waals surface area contributed by atoms with Gasteiger partial charge >= 0.3 is 11.9 Å². The fourth-order valence-electron chi connectivity index (χ4n) is 5.74. The lowest BCUT2D eigenvalue weighted by molar-refractivity contribution is -0.138. The summed E-state index contributed by atoms with van der Waals surface area (Å²) < 4.78 is 18.2. The minimum atomic E-state index is -0.816. The van der Waals surface area contributed by atoms with E-state index < -0.39 is 24.0 Å². The molecular formula is C31H44Cl2N2O5. The molecule has 222 valence electrons. The summed E-state index contributed by atoms with van der Waals surface area (Å²) in [7, 11) is 0. The lowest BCUT2D eigenvalue weighted by atomic mass is 9.71. The van der Waals surface area contributed by atoms with E-state index in [1.54, 1.807) is 6.26 Å². The highest BCUT2D eigenvalue weighted by Gasteiger charge is 2.34. The summed E-state index contributed by atoms with van der Waals surface area (Å²) in [5.74, 6) is -0.310. The van der Waals surface area contributed by atoms with Crippen molar-refractivity contribution in [2.24, 2.45) is 23.3 Å². The quantitative estimate of drug-likeness (QED) is 0.215. The van der Waals surface area contributed by atoms with Crippen molar-refractivity contribution in [1.29, 1.82) is 0 Å². The third-order valence-electron chi connectivity index (χ3n) is 7.61. The maximum atomic E-state index is 13.3. The van der Waals surface area contributed by atoms with Crippen molar-refractivity contribution in [2.75, 3.05) is 0 Å². The molecule has 0 radical (unpaired) electrons. The number of hydrogen-bond donors (Lipinski definition) is 2. The van der Waals surface area contributed by atoms with Gasteiger partial charge in [0, 0.05) is 10.8 Å². The smallest absolute Gasteiger partial charge is 0.328 e. The first-order valence-electron chi connectivity index (χ1n) is 13.8. The number of aryl methyl sites for hydroxylation is 2. The van der Waals surface area contributed by atoms with Crippen LogP contribution in [0.1, 0.15) is 83.9 Å². The van der Waals surface area contributed by atoms with Crippen LogP contribution in [0.15, 0.2) is 22.8 Å². The van der Waals surface area contributed by atoms with Crippen molar-refractivity contribution in [1.82, 2.24) is 0 Å². The normalized spacial score (nSPS) is 15.8. The molecule has 0 saturated heterocycles. The van der Waals surface area contributed by atoms with Gasteiger partial charge in [-0.3, -0.25) is 0 Å². The van der Waals surface area contributed by atoms with Crippen molar-refractivity contribution >= 4 is 58.5 Å². The predicted molar refractivity (Wildman–Crippen MR) is 165 cm³/mol. The Hall–Kier alpha value is -2.32. The first-order valence-corrected chi connectivity index (χ1v) is 13.8. The van der Waals surface area contributed by atoms with Crippen LogP contribution in [0.25, 0.3) is 21.7 Å². The van der Waals surface area contributed by atoms with Crippen LogP contribution in [0.5, 0.6) is 11.5 Å². The second-order valence-electron chi connectivity index (χ2n) is 12.3. The van der Waals surface area contributed by atoms with E-state index >= 15 is 0 Å². The van der Waals surface area contributed by atoms with Crippen LogP contribution in [-0.2, 0) is 21.4 Å². The zero-order valence-corrected chi connectivity index (χ0v) is 26.2. The molecule has 0 bridgehead atoms. The Balaban J connectivity index is 0.00000280. The van der Waals surface area contributed by atoms with Crippen LogP contribution >= 0.6 is 24.8 Å². The summed E-state index contributed by atoms with van der Waals surface area (Å²) >= 11 is 0. The van der Waals surface area contributed by atoms with Gasteiger partial charge in [0.15, 0.2) is 11.5 Å². The number of rotatable bonds is 8. The lowest BCUT2D eigenvalue weighted by Crippen LogP contribution is -2.37. The summed E-state index contributed by atoms with van der Waals surface area (Å²) in [6.45, 7) is 14.3. The predicted octanol–water partition coefficient (Wildman–Crippen LogP) is 6.91. The Morgan fingerprint density at radius 1 is 0.925 bits per heavy atom. The van der Waals surface area contributed by atoms with Gasteiger partial charge in [-0.1, -0.05) is 53.7 Å². The Morgan fingerprint density at radius 3 is 1.98 bits per heavy atom. The largest absolute Gasteiger partial charge is 0.463 e. The molecule has 7 nitrogen and oxygen atoms in total. The molecule has 2 aromatic carbocycles. The number of halogens is 2. The fourth-order valence-corrected chi connectivity index (χ4v) is 5.74. The molecule has 1 heterocycles. The monoisotopic (exact) mass is 594 g/mol. The molecule has 3 aromatic rings. The molecule has 4 rings (SSSR count). The summed E-state index contributed by atoms with van der Waals surface area (Å²) in [5.41, 5.74) is 16.0. The molecule has 0 spiro atoms. The zero-order valence-electron chi connectivity index (χ0n) is 24.6. The maximum absolute atomic E-state index is 13.3.